The average Bonchev–Trinajstić information content (AvgIpc) is 3.17. The normalized spacial score (nSPS) is 15.5. The molecule has 1 amide bonds. The molecule has 30 heavy (non-hydrogen) atoms. The van der Waals surface area contributed by atoms with Crippen molar-refractivity contribution < 1.29 is 9.53 Å². The molecule has 1 saturated heterocycles. The Hall–Kier alpha value is -3.03. The maximum Gasteiger partial charge on any atom is 0.246 e. The number of amides is 1. The third kappa shape index (κ3) is 4.93. The minimum Gasteiger partial charge on any atom is -0.497 e. The highest BCUT2D eigenvalue weighted by Crippen LogP contribution is 2.27. The number of aliphatic imine (C=N–C) groups is 1. The lowest BCUT2D eigenvalue weighted by molar-refractivity contribution is -0.120. The second-order valence-electron chi connectivity index (χ2n) is 8.13. The lowest BCUT2D eigenvalue weighted by Crippen LogP contribution is -2.55. The number of hydrogen-bond acceptors (Lipinski definition) is 4. The highest BCUT2D eigenvalue weighted by atomic mass is 16.5. The molecule has 1 aromatic carbocycles. The molecule has 1 N–H and O–H groups in total. The van der Waals surface area contributed by atoms with Gasteiger partial charge < -0.3 is 19.9 Å². The van der Waals surface area contributed by atoms with Crippen LogP contribution in [0, 0.1) is 0 Å². The summed E-state index contributed by atoms with van der Waals surface area (Å²) in [6, 6.07) is 8.10. The minimum atomic E-state index is -0.170. The number of rotatable bonds is 6. The lowest BCUT2D eigenvalue weighted by atomic mass is 9.84. The van der Waals surface area contributed by atoms with Crippen molar-refractivity contribution in [3.05, 3.63) is 42.2 Å². The van der Waals surface area contributed by atoms with E-state index in [1.54, 1.807) is 22.9 Å². The number of methoxy groups -OCH3 is 1. The molecule has 8 heteroatoms. The monoisotopic (exact) mass is 412 g/mol. The van der Waals surface area contributed by atoms with Gasteiger partial charge in [0.25, 0.3) is 0 Å². The minimum absolute atomic E-state index is 0.0481. The molecule has 162 valence electrons. The Bertz CT molecular complexity index is 905. The van der Waals surface area contributed by atoms with E-state index in [2.05, 4.69) is 36.4 Å². The van der Waals surface area contributed by atoms with Crippen LogP contribution >= 0.6 is 0 Å². The van der Waals surface area contributed by atoms with Crippen LogP contribution in [0.2, 0.25) is 0 Å². The Labute approximate surface area is 178 Å². The summed E-state index contributed by atoms with van der Waals surface area (Å²) < 4.78 is 7.07. The lowest BCUT2D eigenvalue weighted by Gasteiger charge is -2.36. The molecule has 2 heterocycles. The first-order valence-electron chi connectivity index (χ1n) is 10.3. The average molecular weight is 413 g/mol. The number of nitrogens with zero attached hydrogens (tertiary/aromatic N) is 5. The molecule has 8 nitrogen and oxygen atoms in total. The summed E-state index contributed by atoms with van der Waals surface area (Å²) in [4.78, 5) is 21.5. The number of carbonyl (C=O) groups excluding carboxylic acids is 1. The van der Waals surface area contributed by atoms with Crippen molar-refractivity contribution >= 4 is 17.6 Å². The van der Waals surface area contributed by atoms with Crippen molar-refractivity contribution in [2.45, 2.75) is 26.2 Å². The Morgan fingerprint density at radius 1 is 1.33 bits per heavy atom. The molecule has 0 saturated carbocycles. The topological polar surface area (TPSA) is 75.0 Å². The van der Waals surface area contributed by atoms with Gasteiger partial charge in [0.1, 0.15) is 12.3 Å². The molecule has 1 fully saturated rings. The number of benzene rings is 1. The molecule has 0 bridgehead atoms. The van der Waals surface area contributed by atoms with Gasteiger partial charge in [0.2, 0.25) is 5.91 Å². The summed E-state index contributed by atoms with van der Waals surface area (Å²) in [6.45, 7) is 9.33. The van der Waals surface area contributed by atoms with E-state index < -0.39 is 0 Å². The zero-order chi connectivity index (χ0) is 21.7. The summed E-state index contributed by atoms with van der Waals surface area (Å²) in [6.07, 6.45) is 3.59. The van der Waals surface area contributed by atoms with E-state index in [1.807, 2.05) is 37.2 Å². The Morgan fingerprint density at radius 2 is 2.13 bits per heavy atom. The van der Waals surface area contributed by atoms with Crippen molar-refractivity contribution in [1.29, 1.82) is 0 Å². The van der Waals surface area contributed by atoms with Gasteiger partial charge in [-0.3, -0.25) is 14.5 Å². The quantitative estimate of drug-likeness (QED) is 0.580. The van der Waals surface area contributed by atoms with E-state index >= 15 is 0 Å². The molecule has 0 aliphatic carbocycles. The number of nitrogens with one attached hydrogen (secondary N) is 1. The van der Waals surface area contributed by atoms with Gasteiger partial charge >= 0.3 is 0 Å². The van der Waals surface area contributed by atoms with Gasteiger partial charge in [-0.15, -0.1) is 0 Å². The number of aryl methyl sites for hydroxylation is 1. The molecule has 1 aliphatic heterocycles. The summed E-state index contributed by atoms with van der Waals surface area (Å²) in [5.74, 6) is 1.66. The molecule has 0 unspecified atom stereocenters. The molecular formula is C22H32N6O2. The fourth-order valence-corrected chi connectivity index (χ4v) is 3.51. The standard InChI is InChI=1S/C22H32N6O2/c1-6-23-21(24-16-22(2,3)17-8-7-9-19(12-17)30-5)27-10-11-28(20(29)15-27)18-13-25-26(4)14-18/h7-9,12-14H,6,10-11,15-16H2,1-5H3,(H,23,24). The molecule has 0 radical (unpaired) electrons. The number of ether oxygens (including phenoxy) is 1. The number of aromatic nitrogens is 2. The zero-order valence-corrected chi connectivity index (χ0v) is 18.6. The van der Waals surface area contributed by atoms with Gasteiger partial charge in [0.15, 0.2) is 5.96 Å². The van der Waals surface area contributed by atoms with E-state index in [9.17, 15) is 4.79 Å². The molecule has 1 aliphatic rings. The van der Waals surface area contributed by atoms with Crippen molar-refractivity contribution in [3.63, 3.8) is 0 Å². The number of piperazine rings is 1. The first-order chi connectivity index (χ1) is 14.3. The number of carbonyl (C=O) groups is 1. The van der Waals surface area contributed by atoms with E-state index in [0.717, 1.165) is 23.9 Å². The molecule has 0 spiro atoms. The number of anilines is 1. The van der Waals surface area contributed by atoms with Gasteiger partial charge in [-0.25, -0.2) is 0 Å². The fourth-order valence-electron chi connectivity index (χ4n) is 3.51. The van der Waals surface area contributed by atoms with Crippen LogP contribution in [0.5, 0.6) is 5.75 Å². The molecule has 3 rings (SSSR count). The fraction of sp³-hybridized carbons (Fsp3) is 0.500. The van der Waals surface area contributed by atoms with Gasteiger partial charge in [-0.05, 0) is 24.6 Å². The molecular weight excluding hydrogens is 380 g/mol. The van der Waals surface area contributed by atoms with Crippen molar-refractivity contribution in [1.82, 2.24) is 20.0 Å². The Balaban J connectivity index is 1.72. The van der Waals surface area contributed by atoms with E-state index in [1.165, 1.54) is 5.56 Å². The van der Waals surface area contributed by atoms with Crippen LogP contribution in [0.3, 0.4) is 0 Å². The van der Waals surface area contributed by atoms with Crippen LogP contribution in [-0.2, 0) is 17.3 Å². The van der Waals surface area contributed by atoms with Gasteiger partial charge in [0.05, 0.1) is 25.5 Å². The number of guanidine groups is 1. The first-order valence-corrected chi connectivity index (χ1v) is 10.3. The van der Waals surface area contributed by atoms with Gasteiger partial charge in [-0.1, -0.05) is 26.0 Å². The maximum absolute atomic E-state index is 12.8. The second kappa shape index (κ2) is 9.19. The van der Waals surface area contributed by atoms with Crippen LogP contribution in [0.15, 0.2) is 41.7 Å². The summed E-state index contributed by atoms with van der Waals surface area (Å²) in [5.41, 5.74) is 1.83. The smallest absolute Gasteiger partial charge is 0.246 e. The van der Waals surface area contributed by atoms with E-state index in [4.69, 9.17) is 9.73 Å². The second-order valence-corrected chi connectivity index (χ2v) is 8.13. The Morgan fingerprint density at radius 3 is 2.77 bits per heavy atom. The van der Waals surface area contributed by atoms with Crippen molar-refractivity contribution in [2.24, 2.45) is 12.0 Å². The van der Waals surface area contributed by atoms with Gasteiger partial charge in [0, 0.05) is 38.3 Å². The predicted octanol–water partition coefficient (Wildman–Crippen LogP) is 2.02. The molecule has 1 aromatic heterocycles. The predicted molar refractivity (Wildman–Crippen MR) is 119 cm³/mol. The maximum atomic E-state index is 12.8. The van der Waals surface area contributed by atoms with Crippen LogP contribution < -0.4 is 15.0 Å². The summed E-state index contributed by atoms with van der Waals surface area (Å²) >= 11 is 0. The summed E-state index contributed by atoms with van der Waals surface area (Å²) in [7, 11) is 3.53. The zero-order valence-electron chi connectivity index (χ0n) is 18.6. The van der Waals surface area contributed by atoms with Crippen molar-refractivity contribution in [3.8, 4) is 5.75 Å². The van der Waals surface area contributed by atoms with Gasteiger partial charge in [-0.2, -0.15) is 5.10 Å². The third-order valence-electron chi connectivity index (χ3n) is 5.33. The largest absolute Gasteiger partial charge is 0.497 e. The SMILES string of the molecule is CCNC(=NCC(C)(C)c1cccc(OC)c1)N1CCN(c2cnn(C)c2)C(=O)C1. The van der Waals surface area contributed by atoms with E-state index in [-0.39, 0.29) is 11.3 Å². The highest BCUT2D eigenvalue weighted by Gasteiger charge is 2.28. The van der Waals surface area contributed by atoms with Crippen LogP contribution in [-0.4, -0.2) is 66.4 Å². The molecule has 0 atom stereocenters. The van der Waals surface area contributed by atoms with Crippen LogP contribution in [0.4, 0.5) is 5.69 Å². The third-order valence-corrected chi connectivity index (χ3v) is 5.33. The Kier molecular flexibility index (Phi) is 6.64. The first kappa shape index (κ1) is 21.7. The summed E-state index contributed by atoms with van der Waals surface area (Å²) in [5, 5.41) is 7.51. The van der Waals surface area contributed by atoms with Crippen LogP contribution in [0.1, 0.15) is 26.3 Å². The van der Waals surface area contributed by atoms with Crippen molar-refractivity contribution in [2.75, 3.05) is 44.7 Å². The number of hydrogen-bond donors (Lipinski definition) is 1. The molecule has 2 aromatic rings. The van der Waals surface area contributed by atoms with Crippen LogP contribution in [0.25, 0.3) is 0 Å². The highest BCUT2D eigenvalue weighted by molar-refractivity contribution is 5.98. The van der Waals surface area contributed by atoms with E-state index in [0.29, 0.717) is 26.2 Å².